The second-order valence-corrected chi connectivity index (χ2v) is 7.89. The maximum atomic E-state index is 12.3. The minimum absolute atomic E-state index is 0.0101. The molecule has 0 aliphatic carbocycles. The van der Waals surface area contributed by atoms with Gasteiger partial charge in [0.25, 0.3) is 5.91 Å². The first kappa shape index (κ1) is 21.0. The fourth-order valence-electron chi connectivity index (χ4n) is 2.85. The van der Waals surface area contributed by atoms with Crippen molar-refractivity contribution in [2.75, 3.05) is 6.54 Å². The molecular weight excluding hydrogens is 382 g/mol. The largest absolute Gasteiger partial charge is 0.460 e. The summed E-state index contributed by atoms with van der Waals surface area (Å²) in [7, 11) is 0. The van der Waals surface area contributed by atoms with Gasteiger partial charge in [-0.15, -0.1) is 0 Å². The van der Waals surface area contributed by atoms with Gasteiger partial charge in [0.15, 0.2) is 0 Å². The number of nitrogens with one attached hydrogen (secondary N) is 2. The van der Waals surface area contributed by atoms with Crippen molar-refractivity contribution in [3.05, 3.63) is 59.9 Å². The molecule has 2 aromatic heterocycles. The van der Waals surface area contributed by atoms with E-state index in [1.807, 2.05) is 22.7 Å². The lowest BCUT2D eigenvalue weighted by molar-refractivity contribution is -0.154. The van der Waals surface area contributed by atoms with Crippen molar-refractivity contribution < 1.29 is 14.3 Å². The van der Waals surface area contributed by atoms with E-state index in [0.29, 0.717) is 16.8 Å². The molecule has 0 unspecified atom stereocenters. The normalized spacial score (nSPS) is 11.3. The number of amides is 1. The standard InChI is InChI=1S/C22H25N5O3/c1-22(2,3)30-19(28)8-10-25-21(29)15-6-4-14(5-7-15)17-13-27-11-9-16(20(23)24)12-18(27)26-17/h4-7,9,11-13H,8,10H2,1-3H3,(H3,23,24)(H,25,29). The van der Waals surface area contributed by atoms with Crippen LogP contribution in [0.15, 0.2) is 48.8 Å². The summed E-state index contributed by atoms with van der Waals surface area (Å²) in [5, 5.41) is 10.3. The summed E-state index contributed by atoms with van der Waals surface area (Å²) in [6.45, 7) is 5.61. The predicted octanol–water partition coefficient (Wildman–Crippen LogP) is 2.75. The first-order valence-electron chi connectivity index (χ1n) is 9.56. The second kappa shape index (κ2) is 8.36. The summed E-state index contributed by atoms with van der Waals surface area (Å²) in [5.41, 5.74) is 8.37. The van der Waals surface area contributed by atoms with Gasteiger partial charge in [0.1, 0.15) is 17.1 Å². The van der Waals surface area contributed by atoms with E-state index in [9.17, 15) is 9.59 Å². The SMILES string of the molecule is CC(C)(C)OC(=O)CCNC(=O)c1ccc(-c2cn3ccc(C(=N)N)cc3n2)cc1. The van der Waals surface area contributed by atoms with Crippen molar-refractivity contribution in [2.45, 2.75) is 32.8 Å². The van der Waals surface area contributed by atoms with E-state index in [1.54, 1.807) is 51.2 Å². The Kier molecular flexibility index (Phi) is 5.86. The highest BCUT2D eigenvalue weighted by molar-refractivity contribution is 5.96. The third kappa shape index (κ3) is 5.22. The average molecular weight is 407 g/mol. The molecular formula is C22H25N5O3. The van der Waals surface area contributed by atoms with Crippen LogP contribution in [0, 0.1) is 5.41 Å². The Bertz CT molecular complexity index is 1090. The number of rotatable bonds is 6. The lowest BCUT2D eigenvalue weighted by atomic mass is 10.1. The number of aromatic nitrogens is 2. The number of nitrogens with two attached hydrogens (primary N) is 1. The quantitative estimate of drug-likeness (QED) is 0.329. The molecule has 0 saturated heterocycles. The van der Waals surface area contributed by atoms with Crippen LogP contribution in [0.2, 0.25) is 0 Å². The van der Waals surface area contributed by atoms with Crippen molar-refractivity contribution in [1.29, 1.82) is 5.41 Å². The number of fused-ring (bicyclic) bond motifs is 1. The molecule has 8 heteroatoms. The molecule has 2 heterocycles. The van der Waals surface area contributed by atoms with Crippen LogP contribution in [-0.4, -0.2) is 39.2 Å². The third-order valence-corrected chi connectivity index (χ3v) is 4.25. The minimum Gasteiger partial charge on any atom is -0.460 e. The Balaban J connectivity index is 1.63. The Morgan fingerprint density at radius 1 is 1.17 bits per heavy atom. The van der Waals surface area contributed by atoms with Gasteiger partial charge in [-0.05, 0) is 45.0 Å². The van der Waals surface area contributed by atoms with Crippen LogP contribution in [-0.2, 0) is 9.53 Å². The molecule has 0 radical (unpaired) electrons. The van der Waals surface area contributed by atoms with E-state index >= 15 is 0 Å². The number of nitrogens with zero attached hydrogens (tertiary/aromatic N) is 2. The molecule has 0 bridgehead atoms. The maximum absolute atomic E-state index is 12.3. The van der Waals surface area contributed by atoms with Gasteiger partial charge in [0.05, 0.1) is 12.1 Å². The average Bonchev–Trinajstić information content (AvgIpc) is 3.09. The number of carbonyl (C=O) groups is 2. The summed E-state index contributed by atoms with van der Waals surface area (Å²) in [6, 6.07) is 10.6. The van der Waals surface area contributed by atoms with Gasteiger partial charge in [-0.3, -0.25) is 15.0 Å². The van der Waals surface area contributed by atoms with Gasteiger partial charge >= 0.3 is 5.97 Å². The van der Waals surface area contributed by atoms with E-state index in [4.69, 9.17) is 15.9 Å². The van der Waals surface area contributed by atoms with Gasteiger partial charge in [-0.2, -0.15) is 0 Å². The van der Waals surface area contributed by atoms with Crippen LogP contribution in [0.5, 0.6) is 0 Å². The number of pyridine rings is 1. The van der Waals surface area contributed by atoms with Gasteiger partial charge < -0.3 is 20.2 Å². The molecule has 0 saturated carbocycles. The number of esters is 1. The summed E-state index contributed by atoms with van der Waals surface area (Å²) in [4.78, 5) is 28.6. The molecule has 3 aromatic rings. The van der Waals surface area contributed by atoms with Crippen LogP contribution in [0.3, 0.4) is 0 Å². The molecule has 30 heavy (non-hydrogen) atoms. The summed E-state index contributed by atoms with van der Waals surface area (Å²) < 4.78 is 7.06. The summed E-state index contributed by atoms with van der Waals surface area (Å²) in [5.74, 6) is -0.617. The third-order valence-electron chi connectivity index (χ3n) is 4.25. The molecule has 0 atom stereocenters. The van der Waals surface area contributed by atoms with Crippen LogP contribution in [0.1, 0.15) is 43.1 Å². The van der Waals surface area contributed by atoms with Crippen LogP contribution < -0.4 is 11.1 Å². The Labute approximate surface area is 174 Å². The van der Waals surface area contributed by atoms with E-state index in [0.717, 1.165) is 11.3 Å². The minimum atomic E-state index is -0.539. The first-order chi connectivity index (χ1) is 14.1. The highest BCUT2D eigenvalue weighted by atomic mass is 16.6. The smallest absolute Gasteiger partial charge is 0.308 e. The van der Waals surface area contributed by atoms with Gasteiger partial charge in [0, 0.05) is 35.6 Å². The number of hydrogen-bond acceptors (Lipinski definition) is 5. The van der Waals surface area contributed by atoms with Crippen LogP contribution in [0.4, 0.5) is 0 Å². The topological polar surface area (TPSA) is 123 Å². The Morgan fingerprint density at radius 2 is 1.87 bits per heavy atom. The van der Waals surface area contributed by atoms with Crippen molar-refractivity contribution in [3.63, 3.8) is 0 Å². The molecule has 0 aliphatic rings. The Morgan fingerprint density at radius 3 is 2.50 bits per heavy atom. The fraction of sp³-hybridized carbons (Fsp3) is 0.273. The van der Waals surface area contributed by atoms with Crippen molar-refractivity contribution in [2.24, 2.45) is 5.73 Å². The fourth-order valence-corrected chi connectivity index (χ4v) is 2.85. The number of imidazole rings is 1. The van der Waals surface area contributed by atoms with E-state index in [1.165, 1.54) is 0 Å². The molecule has 0 spiro atoms. The number of hydrogen-bond donors (Lipinski definition) is 3. The monoisotopic (exact) mass is 407 g/mol. The lowest BCUT2D eigenvalue weighted by Gasteiger charge is -2.19. The second-order valence-electron chi connectivity index (χ2n) is 7.89. The molecule has 0 fully saturated rings. The molecule has 1 aromatic carbocycles. The van der Waals surface area contributed by atoms with Gasteiger partial charge in [-0.25, -0.2) is 4.98 Å². The highest BCUT2D eigenvalue weighted by Crippen LogP contribution is 2.20. The summed E-state index contributed by atoms with van der Waals surface area (Å²) in [6.07, 6.45) is 3.79. The molecule has 3 rings (SSSR count). The zero-order chi connectivity index (χ0) is 21.9. The molecule has 1 amide bonds. The van der Waals surface area contributed by atoms with Gasteiger partial charge in [0.2, 0.25) is 0 Å². The maximum Gasteiger partial charge on any atom is 0.308 e. The molecule has 0 aliphatic heterocycles. The van der Waals surface area contributed by atoms with E-state index < -0.39 is 5.60 Å². The first-order valence-corrected chi connectivity index (χ1v) is 9.56. The zero-order valence-corrected chi connectivity index (χ0v) is 17.2. The molecule has 156 valence electrons. The number of benzene rings is 1. The number of carbonyl (C=O) groups excluding carboxylic acids is 2. The van der Waals surface area contributed by atoms with E-state index in [-0.39, 0.29) is 30.7 Å². The number of amidine groups is 1. The predicted molar refractivity (Wildman–Crippen MR) is 114 cm³/mol. The zero-order valence-electron chi connectivity index (χ0n) is 17.2. The van der Waals surface area contributed by atoms with Crippen molar-refractivity contribution >= 4 is 23.4 Å². The Hall–Kier alpha value is -3.68. The number of ether oxygens (including phenoxy) is 1. The summed E-state index contributed by atoms with van der Waals surface area (Å²) >= 11 is 0. The molecule has 8 nitrogen and oxygen atoms in total. The lowest BCUT2D eigenvalue weighted by Crippen LogP contribution is -2.29. The number of nitrogen functional groups attached to an aromatic ring is 1. The highest BCUT2D eigenvalue weighted by Gasteiger charge is 2.16. The molecule has 4 N–H and O–H groups in total. The van der Waals surface area contributed by atoms with Crippen molar-refractivity contribution in [1.82, 2.24) is 14.7 Å². The van der Waals surface area contributed by atoms with E-state index in [2.05, 4.69) is 10.3 Å². The van der Waals surface area contributed by atoms with Gasteiger partial charge in [-0.1, -0.05) is 12.1 Å². The van der Waals surface area contributed by atoms with Crippen molar-refractivity contribution in [3.8, 4) is 11.3 Å². The van der Waals surface area contributed by atoms with Crippen LogP contribution >= 0.6 is 0 Å². The van der Waals surface area contributed by atoms with Crippen LogP contribution in [0.25, 0.3) is 16.9 Å².